The van der Waals surface area contributed by atoms with Crippen molar-refractivity contribution in [1.29, 1.82) is 0 Å². The van der Waals surface area contributed by atoms with Crippen LogP contribution in [0.25, 0.3) is 0 Å². The normalized spacial score (nSPS) is 31.9. The summed E-state index contributed by atoms with van der Waals surface area (Å²) < 4.78 is 19.0. The van der Waals surface area contributed by atoms with E-state index >= 15 is 0 Å². The Hall–Kier alpha value is 0.234. The summed E-state index contributed by atoms with van der Waals surface area (Å²) in [5.41, 5.74) is 12.0. The Morgan fingerprint density at radius 2 is 1.32 bits per heavy atom. The van der Waals surface area contributed by atoms with Crippen LogP contribution in [0.15, 0.2) is 0 Å². The molecule has 0 aromatic rings. The van der Waals surface area contributed by atoms with E-state index < -0.39 is 16.9 Å². The van der Waals surface area contributed by atoms with Crippen molar-refractivity contribution in [3.63, 3.8) is 0 Å². The second-order valence-electron chi connectivity index (χ2n) is 9.20. The van der Waals surface area contributed by atoms with Gasteiger partial charge in [-0.25, -0.2) is 0 Å². The standard InChI is InChI=1S/C18H40N2O3Si2/c1-24(2,14-21-18-11-9-17(20)10-12-18)23-25(3,4)22-13-15-5-7-16(19)8-6-15/h15-18H,5-14,19-20H2,1-4H3. The fourth-order valence-electron chi connectivity index (χ4n) is 3.97. The zero-order chi connectivity index (χ0) is 18.5. The second kappa shape index (κ2) is 9.44. The SMILES string of the molecule is C[Si](C)(COC1CCC(N)CC1)O[Si](C)(C)OCC1CCC(N)CC1. The van der Waals surface area contributed by atoms with Gasteiger partial charge in [-0.3, -0.25) is 0 Å². The predicted octanol–water partition coefficient (Wildman–Crippen LogP) is 3.27. The Balaban J connectivity index is 1.69. The summed E-state index contributed by atoms with van der Waals surface area (Å²) in [7, 11) is -3.98. The van der Waals surface area contributed by atoms with Gasteiger partial charge < -0.3 is 24.7 Å². The minimum Gasteiger partial charge on any atom is -0.434 e. The summed E-state index contributed by atoms with van der Waals surface area (Å²) in [6.45, 7) is 9.68. The molecule has 2 aliphatic rings. The molecule has 0 bridgehead atoms. The molecule has 0 unspecified atom stereocenters. The van der Waals surface area contributed by atoms with Gasteiger partial charge in [0.05, 0.1) is 12.3 Å². The lowest BCUT2D eigenvalue weighted by Crippen LogP contribution is -2.50. The zero-order valence-corrected chi connectivity index (χ0v) is 18.8. The van der Waals surface area contributed by atoms with Crippen LogP contribution in [0.5, 0.6) is 0 Å². The van der Waals surface area contributed by atoms with Crippen molar-refractivity contribution in [2.75, 3.05) is 12.8 Å². The molecule has 2 rings (SSSR count). The van der Waals surface area contributed by atoms with E-state index in [4.69, 9.17) is 24.7 Å². The molecule has 0 aliphatic heterocycles. The lowest BCUT2D eigenvalue weighted by atomic mass is 9.87. The molecule has 0 heterocycles. The molecule has 7 heteroatoms. The van der Waals surface area contributed by atoms with Gasteiger partial charge in [0.25, 0.3) is 0 Å². The van der Waals surface area contributed by atoms with Crippen molar-refractivity contribution in [3.8, 4) is 0 Å². The summed E-state index contributed by atoms with van der Waals surface area (Å²) in [4.78, 5) is 0. The number of nitrogens with two attached hydrogens (primary N) is 2. The average Bonchev–Trinajstić information content (AvgIpc) is 2.53. The summed E-state index contributed by atoms with van der Waals surface area (Å²) in [6.07, 6.45) is 10.1. The Bertz CT molecular complexity index is 358. The van der Waals surface area contributed by atoms with E-state index in [0.29, 0.717) is 24.1 Å². The van der Waals surface area contributed by atoms with Crippen LogP contribution in [-0.2, 0) is 13.3 Å². The first-order valence-electron chi connectivity index (χ1n) is 10.1. The van der Waals surface area contributed by atoms with Gasteiger partial charge in [-0.2, -0.15) is 0 Å². The minimum absolute atomic E-state index is 0.368. The third-order valence-electron chi connectivity index (χ3n) is 5.47. The van der Waals surface area contributed by atoms with E-state index in [1.165, 1.54) is 12.8 Å². The van der Waals surface area contributed by atoms with Crippen molar-refractivity contribution in [2.24, 2.45) is 17.4 Å². The van der Waals surface area contributed by atoms with Gasteiger partial charge in [-0.05, 0) is 83.5 Å². The van der Waals surface area contributed by atoms with Crippen LogP contribution < -0.4 is 11.5 Å². The molecule has 148 valence electrons. The van der Waals surface area contributed by atoms with Crippen molar-refractivity contribution >= 4 is 16.9 Å². The molecule has 0 atom stereocenters. The Labute approximate surface area is 156 Å². The van der Waals surface area contributed by atoms with Crippen molar-refractivity contribution < 1.29 is 13.3 Å². The number of hydrogen-bond acceptors (Lipinski definition) is 5. The number of rotatable bonds is 8. The monoisotopic (exact) mass is 388 g/mol. The van der Waals surface area contributed by atoms with Gasteiger partial charge in [0.2, 0.25) is 8.32 Å². The average molecular weight is 389 g/mol. The lowest BCUT2D eigenvalue weighted by molar-refractivity contribution is 0.0445. The highest BCUT2D eigenvalue weighted by atomic mass is 28.4. The summed E-state index contributed by atoms with van der Waals surface area (Å²) in [6, 6.07) is 0.769. The molecular weight excluding hydrogens is 348 g/mol. The number of ether oxygens (including phenoxy) is 1. The smallest absolute Gasteiger partial charge is 0.321 e. The fourth-order valence-corrected chi connectivity index (χ4v) is 11.0. The van der Waals surface area contributed by atoms with Crippen LogP contribution in [0.2, 0.25) is 26.2 Å². The van der Waals surface area contributed by atoms with Crippen LogP contribution in [-0.4, -0.2) is 47.9 Å². The van der Waals surface area contributed by atoms with Gasteiger partial charge in [0, 0.05) is 18.7 Å². The molecule has 0 aromatic heterocycles. The molecule has 5 nitrogen and oxygen atoms in total. The summed E-state index contributed by atoms with van der Waals surface area (Å²) in [5, 5.41) is 0. The highest BCUT2D eigenvalue weighted by Gasteiger charge is 2.36. The quantitative estimate of drug-likeness (QED) is 0.624. The van der Waals surface area contributed by atoms with Crippen molar-refractivity contribution in [3.05, 3.63) is 0 Å². The van der Waals surface area contributed by atoms with Crippen LogP contribution >= 0.6 is 0 Å². The molecule has 0 saturated heterocycles. The van der Waals surface area contributed by atoms with Crippen LogP contribution in [0, 0.1) is 5.92 Å². The lowest BCUT2D eigenvalue weighted by Gasteiger charge is -2.36. The summed E-state index contributed by atoms with van der Waals surface area (Å²) >= 11 is 0. The topological polar surface area (TPSA) is 79.7 Å². The Morgan fingerprint density at radius 1 is 0.800 bits per heavy atom. The van der Waals surface area contributed by atoms with E-state index in [-0.39, 0.29) is 0 Å². The first-order valence-corrected chi connectivity index (χ1v) is 16.1. The highest BCUT2D eigenvalue weighted by Crippen LogP contribution is 2.26. The first-order chi connectivity index (χ1) is 11.7. The molecule has 25 heavy (non-hydrogen) atoms. The third kappa shape index (κ3) is 8.20. The highest BCUT2D eigenvalue weighted by molar-refractivity contribution is 6.82. The van der Waals surface area contributed by atoms with E-state index in [0.717, 1.165) is 51.4 Å². The van der Waals surface area contributed by atoms with E-state index in [1.807, 2.05) is 0 Å². The van der Waals surface area contributed by atoms with Crippen LogP contribution in [0.4, 0.5) is 0 Å². The molecule has 4 N–H and O–H groups in total. The van der Waals surface area contributed by atoms with Gasteiger partial charge >= 0.3 is 8.56 Å². The fraction of sp³-hybridized carbons (Fsp3) is 1.00. The van der Waals surface area contributed by atoms with Crippen LogP contribution in [0.1, 0.15) is 51.4 Å². The molecular formula is C18H40N2O3Si2. The van der Waals surface area contributed by atoms with Gasteiger partial charge in [-0.15, -0.1) is 0 Å². The van der Waals surface area contributed by atoms with Gasteiger partial charge in [0.15, 0.2) is 0 Å². The molecule has 2 saturated carbocycles. The molecule has 0 radical (unpaired) electrons. The Morgan fingerprint density at radius 3 is 1.88 bits per heavy atom. The third-order valence-corrected chi connectivity index (χ3v) is 11.4. The maximum Gasteiger partial charge on any atom is 0.321 e. The maximum absolute atomic E-state index is 6.53. The molecule has 0 aromatic carbocycles. The molecule has 2 fully saturated rings. The molecule has 0 amide bonds. The zero-order valence-electron chi connectivity index (χ0n) is 16.8. The van der Waals surface area contributed by atoms with Crippen molar-refractivity contribution in [1.82, 2.24) is 0 Å². The van der Waals surface area contributed by atoms with E-state index in [2.05, 4.69) is 26.2 Å². The predicted molar refractivity (Wildman–Crippen MR) is 108 cm³/mol. The summed E-state index contributed by atoms with van der Waals surface area (Å²) in [5.74, 6) is 0.655. The Kier molecular flexibility index (Phi) is 8.13. The largest absolute Gasteiger partial charge is 0.434 e. The minimum atomic E-state index is -2.11. The molecule has 2 aliphatic carbocycles. The number of hydrogen-bond donors (Lipinski definition) is 2. The molecule has 0 spiro atoms. The van der Waals surface area contributed by atoms with Gasteiger partial charge in [0.1, 0.15) is 0 Å². The maximum atomic E-state index is 6.53. The van der Waals surface area contributed by atoms with Crippen LogP contribution in [0.3, 0.4) is 0 Å². The second-order valence-corrected chi connectivity index (χ2v) is 16.9. The van der Waals surface area contributed by atoms with Gasteiger partial charge in [-0.1, -0.05) is 0 Å². The van der Waals surface area contributed by atoms with E-state index in [1.54, 1.807) is 0 Å². The van der Waals surface area contributed by atoms with Crippen molar-refractivity contribution in [2.45, 2.75) is 95.7 Å². The first kappa shape index (κ1) is 21.5. The van der Waals surface area contributed by atoms with E-state index in [9.17, 15) is 0 Å².